The molecule has 3 heterocycles. The van der Waals surface area contributed by atoms with E-state index in [4.69, 9.17) is 18.9 Å². The van der Waals surface area contributed by atoms with Crippen LogP contribution in [0.25, 0.3) is 0 Å². The molecule has 11 nitrogen and oxygen atoms in total. The van der Waals surface area contributed by atoms with Crippen molar-refractivity contribution in [1.82, 2.24) is 4.90 Å². The summed E-state index contributed by atoms with van der Waals surface area (Å²) in [7, 11) is 3.51. The van der Waals surface area contributed by atoms with Crippen molar-refractivity contribution in [2.75, 3.05) is 20.7 Å². The van der Waals surface area contributed by atoms with Gasteiger partial charge in [-0.15, -0.1) is 0 Å². The number of hydrogen-bond donors (Lipinski definition) is 3. The van der Waals surface area contributed by atoms with E-state index in [1.807, 2.05) is 40.7 Å². The van der Waals surface area contributed by atoms with Crippen LogP contribution in [0.5, 0.6) is 0 Å². The number of aliphatic hydroxyl groups is 3. The lowest BCUT2D eigenvalue weighted by Crippen LogP contribution is -2.63. The van der Waals surface area contributed by atoms with Crippen LogP contribution in [-0.2, 0) is 33.3 Å². The standard InChI is InChI=1S/C33H55NO10/c1-10-25-22-15-41-32(40)20(6)27(22)16(2)11-12-23(35)17(3)13-18(4)31(19(5)24(36)14-26(37)43-25)44-33-30(39)28(34(8)9)29(38)21(7)42-33/h11-12,16-22,24-25,27-31,33,36,38-39H,10,13-15H2,1-9H3/t16?,17-,18+,19+,20?,21?,22-,24-,25-,27?,28?,29?,30?,31+,33?/m1/s1. The van der Waals surface area contributed by atoms with E-state index in [9.17, 15) is 29.7 Å². The van der Waals surface area contributed by atoms with Gasteiger partial charge in [-0.1, -0.05) is 47.6 Å². The van der Waals surface area contributed by atoms with Crippen LogP contribution >= 0.6 is 0 Å². The smallest absolute Gasteiger partial charge is 0.308 e. The Morgan fingerprint density at radius 3 is 2.27 bits per heavy atom. The molecule has 252 valence electrons. The van der Waals surface area contributed by atoms with E-state index in [0.717, 1.165) is 0 Å². The topological polar surface area (TPSA) is 152 Å². The molecule has 0 bridgehead atoms. The van der Waals surface area contributed by atoms with Crippen molar-refractivity contribution in [2.45, 2.75) is 117 Å². The van der Waals surface area contributed by atoms with Crippen LogP contribution in [0.15, 0.2) is 12.2 Å². The van der Waals surface area contributed by atoms with E-state index < -0.39 is 66.8 Å². The quantitative estimate of drug-likeness (QED) is 0.395. The highest BCUT2D eigenvalue weighted by atomic mass is 16.7. The molecule has 3 rings (SSSR count). The number of esters is 2. The number of ketones is 1. The average Bonchev–Trinajstić information content (AvgIpc) is 2.95. The number of likely N-dealkylation sites (N-methyl/N-ethyl adjacent to an activating group) is 1. The number of carbonyl (C=O) groups is 3. The second-order valence-electron chi connectivity index (χ2n) is 13.7. The molecule has 2 fully saturated rings. The summed E-state index contributed by atoms with van der Waals surface area (Å²) in [6.45, 7) is 13.0. The molecule has 0 radical (unpaired) electrons. The number of fused-ring (bicyclic) bond motifs is 1. The molecule has 0 amide bonds. The van der Waals surface area contributed by atoms with Crippen LogP contribution in [0.1, 0.15) is 67.7 Å². The zero-order valence-corrected chi connectivity index (χ0v) is 27.8. The molecule has 2 saturated heterocycles. The Labute approximate surface area is 262 Å². The molecule has 11 heteroatoms. The monoisotopic (exact) mass is 625 g/mol. The molecule has 44 heavy (non-hydrogen) atoms. The highest BCUT2D eigenvalue weighted by molar-refractivity contribution is 5.91. The summed E-state index contributed by atoms with van der Waals surface area (Å²) >= 11 is 0. The van der Waals surface area contributed by atoms with Gasteiger partial charge < -0.3 is 39.2 Å². The van der Waals surface area contributed by atoms with Gasteiger partial charge in [-0.05, 0) is 57.7 Å². The molecule has 0 aromatic rings. The largest absolute Gasteiger partial charge is 0.465 e. The Morgan fingerprint density at radius 1 is 1.00 bits per heavy atom. The molecule has 0 aromatic heterocycles. The van der Waals surface area contributed by atoms with Gasteiger partial charge in [0.2, 0.25) is 0 Å². The molecule has 3 N–H and O–H groups in total. The summed E-state index contributed by atoms with van der Waals surface area (Å²) in [4.78, 5) is 40.8. The molecule has 8 unspecified atom stereocenters. The third-order valence-electron chi connectivity index (χ3n) is 10.2. The number of cyclic esters (lactones) is 2. The van der Waals surface area contributed by atoms with Crippen LogP contribution in [0.3, 0.4) is 0 Å². The molecule has 0 aliphatic carbocycles. The van der Waals surface area contributed by atoms with Crippen LogP contribution in [0.4, 0.5) is 0 Å². The van der Waals surface area contributed by atoms with Gasteiger partial charge >= 0.3 is 11.9 Å². The van der Waals surface area contributed by atoms with E-state index in [1.54, 1.807) is 38.9 Å². The minimum Gasteiger partial charge on any atom is -0.465 e. The lowest BCUT2D eigenvalue weighted by atomic mass is 9.70. The SMILES string of the molecule is CC[C@H]1OC(=O)C[C@@H](O)[C@H](C)[C@@H](OC2OC(C)C(O)C(N(C)C)C2O)[C@@H](C)C[C@@H](C)C(=O)C=CC(C)C2C(C)C(=O)OC[C@@H]21. The highest BCUT2D eigenvalue weighted by Gasteiger charge is 2.47. The molecule has 0 saturated carbocycles. The molecule has 0 spiro atoms. The van der Waals surface area contributed by atoms with E-state index in [-0.39, 0.29) is 54.4 Å². The van der Waals surface area contributed by atoms with Gasteiger partial charge in [-0.2, -0.15) is 0 Å². The minimum absolute atomic E-state index is 0.0674. The van der Waals surface area contributed by atoms with Gasteiger partial charge in [0.25, 0.3) is 0 Å². The van der Waals surface area contributed by atoms with Crippen LogP contribution in [0.2, 0.25) is 0 Å². The Kier molecular flexibility index (Phi) is 13.0. The molecular weight excluding hydrogens is 570 g/mol. The second kappa shape index (κ2) is 15.6. The summed E-state index contributed by atoms with van der Waals surface area (Å²) in [6, 6.07) is -0.648. The summed E-state index contributed by atoms with van der Waals surface area (Å²) in [6.07, 6.45) is -2.23. The first-order valence-electron chi connectivity index (χ1n) is 16.2. The van der Waals surface area contributed by atoms with Gasteiger partial charge in [0.15, 0.2) is 12.1 Å². The van der Waals surface area contributed by atoms with Crippen molar-refractivity contribution in [1.29, 1.82) is 0 Å². The molecule has 3 aliphatic heterocycles. The zero-order chi connectivity index (χ0) is 33.0. The maximum atomic E-state index is 13.3. The normalized spacial score (nSPS) is 45.0. The second-order valence-corrected chi connectivity index (χ2v) is 13.7. The maximum absolute atomic E-state index is 13.3. The number of allylic oxidation sites excluding steroid dienone is 2. The fraction of sp³-hybridized carbons (Fsp3) is 0.848. The Balaban J connectivity index is 1.94. The van der Waals surface area contributed by atoms with E-state index in [2.05, 4.69) is 0 Å². The fourth-order valence-electron chi connectivity index (χ4n) is 7.43. The lowest BCUT2D eigenvalue weighted by Gasteiger charge is -2.46. The Bertz CT molecular complexity index is 1020. The molecule has 0 aromatic carbocycles. The third-order valence-corrected chi connectivity index (χ3v) is 10.2. The van der Waals surface area contributed by atoms with Crippen molar-refractivity contribution < 1.29 is 48.7 Å². The summed E-state index contributed by atoms with van der Waals surface area (Å²) < 4.78 is 23.7. The number of carbonyl (C=O) groups excluding carboxylic acids is 3. The number of ether oxygens (including phenoxy) is 4. The first kappa shape index (κ1) is 36.6. The predicted octanol–water partition coefficient (Wildman–Crippen LogP) is 2.34. The molecule has 3 aliphatic rings. The van der Waals surface area contributed by atoms with E-state index in [0.29, 0.717) is 12.8 Å². The highest BCUT2D eigenvalue weighted by Crippen LogP contribution is 2.39. The lowest BCUT2D eigenvalue weighted by molar-refractivity contribution is -0.303. The number of nitrogens with zero attached hydrogens (tertiary/aromatic N) is 1. The van der Waals surface area contributed by atoms with Crippen molar-refractivity contribution in [2.24, 2.45) is 41.4 Å². The Hall–Kier alpha value is -1.89. The van der Waals surface area contributed by atoms with Crippen LogP contribution < -0.4 is 0 Å². The summed E-state index contributed by atoms with van der Waals surface area (Å²) in [5, 5.41) is 33.1. The summed E-state index contributed by atoms with van der Waals surface area (Å²) in [5.41, 5.74) is 0. The number of hydrogen-bond acceptors (Lipinski definition) is 11. The zero-order valence-electron chi connectivity index (χ0n) is 27.8. The molecule has 15 atom stereocenters. The average molecular weight is 626 g/mol. The van der Waals surface area contributed by atoms with E-state index >= 15 is 0 Å². The van der Waals surface area contributed by atoms with Gasteiger partial charge in [-0.25, -0.2) is 0 Å². The predicted molar refractivity (Wildman–Crippen MR) is 162 cm³/mol. The van der Waals surface area contributed by atoms with Crippen molar-refractivity contribution in [3.63, 3.8) is 0 Å². The van der Waals surface area contributed by atoms with E-state index in [1.165, 1.54) is 0 Å². The summed E-state index contributed by atoms with van der Waals surface area (Å²) in [5.74, 6) is -3.29. The first-order valence-corrected chi connectivity index (χ1v) is 16.2. The van der Waals surface area contributed by atoms with Gasteiger partial charge in [-0.3, -0.25) is 14.4 Å². The van der Waals surface area contributed by atoms with Crippen molar-refractivity contribution in [3.05, 3.63) is 12.2 Å². The Morgan fingerprint density at radius 2 is 1.66 bits per heavy atom. The van der Waals surface area contributed by atoms with Crippen LogP contribution in [-0.4, -0.2) is 108 Å². The molecular formula is C33H55NO10. The van der Waals surface area contributed by atoms with Gasteiger partial charge in [0.05, 0.1) is 49.4 Å². The maximum Gasteiger partial charge on any atom is 0.308 e. The van der Waals surface area contributed by atoms with Crippen molar-refractivity contribution >= 4 is 17.7 Å². The number of rotatable bonds is 4. The van der Waals surface area contributed by atoms with Crippen molar-refractivity contribution in [3.8, 4) is 0 Å². The van der Waals surface area contributed by atoms with Gasteiger partial charge in [0, 0.05) is 17.8 Å². The fourth-order valence-corrected chi connectivity index (χ4v) is 7.43. The minimum atomic E-state index is -1.19. The first-order chi connectivity index (χ1) is 20.6. The van der Waals surface area contributed by atoms with Crippen LogP contribution in [0, 0.1) is 41.4 Å². The third kappa shape index (κ3) is 8.27. The van der Waals surface area contributed by atoms with Gasteiger partial charge in [0.1, 0.15) is 12.2 Å². The number of aliphatic hydroxyl groups excluding tert-OH is 3.